The Hall–Kier alpha value is -0.120. The second-order valence-corrected chi connectivity index (χ2v) is 6.58. The van der Waals surface area contributed by atoms with Gasteiger partial charge in [-0.1, -0.05) is 13.8 Å². The minimum atomic E-state index is 0.265. The van der Waals surface area contributed by atoms with Crippen molar-refractivity contribution in [2.75, 3.05) is 33.4 Å². The molecule has 0 aromatic rings. The summed E-state index contributed by atoms with van der Waals surface area (Å²) in [5.74, 6) is 0. The van der Waals surface area contributed by atoms with E-state index in [2.05, 4.69) is 31.1 Å². The van der Waals surface area contributed by atoms with E-state index in [1.165, 1.54) is 25.7 Å². The van der Waals surface area contributed by atoms with Gasteiger partial charge in [-0.25, -0.2) is 0 Å². The Kier molecular flexibility index (Phi) is 4.45. The first-order valence-corrected chi connectivity index (χ1v) is 7.08. The van der Waals surface area contributed by atoms with Crippen molar-refractivity contribution in [1.82, 2.24) is 10.2 Å². The maximum atomic E-state index is 5.82. The van der Waals surface area contributed by atoms with Gasteiger partial charge in [-0.05, 0) is 32.7 Å². The van der Waals surface area contributed by atoms with Gasteiger partial charge in [0.1, 0.15) is 0 Å². The summed E-state index contributed by atoms with van der Waals surface area (Å²) in [5, 5.41) is 3.58. The zero-order valence-corrected chi connectivity index (χ0v) is 11.7. The highest BCUT2D eigenvalue weighted by atomic mass is 16.5. The molecule has 3 nitrogen and oxygen atoms in total. The van der Waals surface area contributed by atoms with E-state index in [0.717, 1.165) is 38.4 Å². The van der Waals surface area contributed by atoms with Crippen molar-refractivity contribution in [3.05, 3.63) is 0 Å². The Balaban J connectivity index is 1.49. The Morgan fingerprint density at radius 3 is 2.53 bits per heavy atom. The summed E-state index contributed by atoms with van der Waals surface area (Å²) in [6.07, 6.45) is 5.49. The molecule has 0 atom stereocenters. The zero-order chi connectivity index (χ0) is 12.3. The molecule has 2 saturated carbocycles. The molecule has 2 rings (SSSR count). The third-order valence-electron chi connectivity index (χ3n) is 3.70. The highest BCUT2D eigenvalue weighted by Gasteiger charge is 2.27. The second-order valence-electron chi connectivity index (χ2n) is 6.58. The first kappa shape index (κ1) is 13.3. The third kappa shape index (κ3) is 5.36. The fraction of sp³-hybridized carbons (Fsp3) is 1.00. The average molecular weight is 240 g/mol. The molecule has 0 bridgehead atoms. The molecule has 3 heteroatoms. The molecule has 2 aliphatic rings. The Bertz CT molecular complexity index is 234. The summed E-state index contributed by atoms with van der Waals surface area (Å²) in [5.41, 5.74) is 0.265. The molecule has 17 heavy (non-hydrogen) atoms. The van der Waals surface area contributed by atoms with Gasteiger partial charge >= 0.3 is 0 Å². The Labute approximate surface area is 106 Å². The molecule has 100 valence electrons. The second kappa shape index (κ2) is 5.68. The molecule has 0 unspecified atom stereocenters. The molecule has 0 amide bonds. The average Bonchev–Trinajstić information content (AvgIpc) is 3.16. The lowest BCUT2D eigenvalue weighted by Crippen LogP contribution is -2.35. The molecule has 0 spiro atoms. The molecular weight excluding hydrogens is 212 g/mol. The van der Waals surface area contributed by atoms with Gasteiger partial charge in [-0.3, -0.25) is 0 Å². The maximum absolute atomic E-state index is 5.82. The molecule has 0 heterocycles. The number of nitrogens with one attached hydrogen (secondary N) is 1. The van der Waals surface area contributed by atoms with Gasteiger partial charge in [0, 0.05) is 30.6 Å². The maximum Gasteiger partial charge on any atom is 0.0593 e. The Morgan fingerprint density at radius 2 is 1.94 bits per heavy atom. The Morgan fingerprint density at radius 1 is 1.24 bits per heavy atom. The van der Waals surface area contributed by atoms with Crippen molar-refractivity contribution >= 4 is 0 Å². The van der Waals surface area contributed by atoms with E-state index in [4.69, 9.17) is 4.74 Å². The molecule has 2 aliphatic carbocycles. The monoisotopic (exact) mass is 240 g/mol. The predicted molar refractivity (Wildman–Crippen MR) is 71.3 cm³/mol. The summed E-state index contributed by atoms with van der Waals surface area (Å²) in [6.45, 7) is 8.47. The summed E-state index contributed by atoms with van der Waals surface area (Å²) in [6, 6.07) is 1.65. The van der Waals surface area contributed by atoms with Gasteiger partial charge in [-0.15, -0.1) is 0 Å². The minimum absolute atomic E-state index is 0.265. The van der Waals surface area contributed by atoms with Crippen molar-refractivity contribution in [3.8, 4) is 0 Å². The number of nitrogens with zero attached hydrogens (tertiary/aromatic N) is 1. The van der Waals surface area contributed by atoms with Crippen LogP contribution in [0.15, 0.2) is 0 Å². The van der Waals surface area contributed by atoms with E-state index < -0.39 is 0 Å². The SMILES string of the molecule is CN(CCOCC(C)(C)CNC1CC1)C1CC1. The molecule has 0 saturated heterocycles. The topological polar surface area (TPSA) is 24.5 Å². The van der Waals surface area contributed by atoms with Crippen molar-refractivity contribution in [1.29, 1.82) is 0 Å². The molecule has 0 radical (unpaired) electrons. The van der Waals surface area contributed by atoms with Crippen LogP contribution in [0.3, 0.4) is 0 Å². The lowest BCUT2D eigenvalue weighted by atomic mass is 9.95. The number of hydrogen-bond acceptors (Lipinski definition) is 3. The van der Waals surface area contributed by atoms with Gasteiger partial charge in [-0.2, -0.15) is 0 Å². The number of ether oxygens (including phenoxy) is 1. The molecular formula is C14H28N2O. The summed E-state index contributed by atoms with van der Waals surface area (Å²) in [7, 11) is 2.21. The summed E-state index contributed by atoms with van der Waals surface area (Å²) in [4.78, 5) is 2.43. The fourth-order valence-electron chi connectivity index (χ4n) is 2.01. The zero-order valence-electron chi connectivity index (χ0n) is 11.7. The van der Waals surface area contributed by atoms with E-state index in [1.54, 1.807) is 0 Å². The summed E-state index contributed by atoms with van der Waals surface area (Å²) < 4.78 is 5.82. The van der Waals surface area contributed by atoms with Crippen LogP contribution in [0.25, 0.3) is 0 Å². The number of hydrogen-bond donors (Lipinski definition) is 1. The van der Waals surface area contributed by atoms with Crippen LogP contribution >= 0.6 is 0 Å². The van der Waals surface area contributed by atoms with Crippen molar-refractivity contribution in [2.45, 2.75) is 51.6 Å². The number of likely N-dealkylation sites (N-methyl/N-ethyl adjacent to an activating group) is 1. The first-order valence-electron chi connectivity index (χ1n) is 7.08. The largest absolute Gasteiger partial charge is 0.380 e. The quantitative estimate of drug-likeness (QED) is 0.623. The van der Waals surface area contributed by atoms with Crippen LogP contribution < -0.4 is 5.32 Å². The van der Waals surface area contributed by atoms with Crippen LogP contribution in [0, 0.1) is 5.41 Å². The van der Waals surface area contributed by atoms with Crippen LogP contribution in [-0.4, -0.2) is 50.3 Å². The van der Waals surface area contributed by atoms with Gasteiger partial charge in [0.2, 0.25) is 0 Å². The van der Waals surface area contributed by atoms with Crippen LogP contribution in [0.5, 0.6) is 0 Å². The lowest BCUT2D eigenvalue weighted by Gasteiger charge is -2.25. The predicted octanol–water partition coefficient (Wildman–Crippen LogP) is 1.88. The van der Waals surface area contributed by atoms with E-state index in [1.807, 2.05) is 0 Å². The smallest absolute Gasteiger partial charge is 0.0593 e. The third-order valence-corrected chi connectivity index (χ3v) is 3.70. The molecule has 0 aromatic heterocycles. The minimum Gasteiger partial charge on any atom is -0.380 e. The van der Waals surface area contributed by atoms with Gasteiger partial charge in [0.25, 0.3) is 0 Å². The normalized spacial score (nSPS) is 21.2. The molecule has 0 aromatic carbocycles. The van der Waals surface area contributed by atoms with Crippen molar-refractivity contribution in [2.24, 2.45) is 5.41 Å². The van der Waals surface area contributed by atoms with Gasteiger partial charge in [0.15, 0.2) is 0 Å². The van der Waals surface area contributed by atoms with E-state index in [-0.39, 0.29) is 5.41 Å². The van der Waals surface area contributed by atoms with E-state index >= 15 is 0 Å². The first-order chi connectivity index (χ1) is 8.07. The molecule has 0 aliphatic heterocycles. The molecule has 1 N–H and O–H groups in total. The summed E-state index contributed by atoms with van der Waals surface area (Å²) >= 11 is 0. The molecule has 2 fully saturated rings. The van der Waals surface area contributed by atoms with Crippen LogP contribution in [0.4, 0.5) is 0 Å². The van der Waals surface area contributed by atoms with Crippen molar-refractivity contribution in [3.63, 3.8) is 0 Å². The highest BCUT2D eigenvalue weighted by Crippen LogP contribution is 2.25. The number of rotatable bonds is 9. The standard InChI is InChI=1S/C14H28N2O/c1-14(2,10-15-12-4-5-12)11-17-9-8-16(3)13-6-7-13/h12-13,15H,4-11H2,1-3H3. The van der Waals surface area contributed by atoms with Gasteiger partial charge < -0.3 is 15.0 Å². The van der Waals surface area contributed by atoms with E-state index in [9.17, 15) is 0 Å². The van der Waals surface area contributed by atoms with Crippen LogP contribution in [0.1, 0.15) is 39.5 Å². The van der Waals surface area contributed by atoms with Crippen molar-refractivity contribution < 1.29 is 4.74 Å². The van der Waals surface area contributed by atoms with E-state index in [0.29, 0.717) is 0 Å². The van der Waals surface area contributed by atoms with Crippen LogP contribution in [0.2, 0.25) is 0 Å². The lowest BCUT2D eigenvalue weighted by molar-refractivity contribution is 0.0498. The van der Waals surface area contributed by atoms with Gasteiger partial charge in [0.05, 0.1) is 13.2 Å². The highest BCUT2D eigenvalue weighted by molar-refractivity contribution is 4.84. The fourth-order valence-corrected chi connectivity index (χ4v) is 2.01. The van der Waals surface area contributed by atoms with Crippen LogP contribution in [-0.2, 0) is 4.74 Å².